The van der Waals surface area contributed by atoms with E-state index in [1.165, 1.54) is 43.6 Å². The van der Waals surface area contributed by atoms with Gasteiger partial charge in [0.2, 0.25) is 0 Å². The number of thiophene rings is 1. The van der Waals surface area contributed by atoms with Crippen LogP contribution in [0.25, 0.3) is 21.8 Å². The van der Waals surface area contributed by atoms with Crippen molar-refractivity contribution < 1.29 is 9.13 Å². The fourth-order valence-corrected chi connectivity index (χ4v) is 4.70. The first kappa shape index (κ1) is 11.9. The maximum atomic E-state index is 5.04. The smallest absolute Gasteiger partial charge is 0.250 e. The van der Waals surface area contributed by atoms with Crippen molar-refractivity contribution >= 4 is 44.5 Å². The average Bonchev–Trinajstić information content (AvgIpc) is 3.30. The first-order valence-electron chi connectivity index (χ1n) is 7.81. The summed E-state index contributed by atoms with van der Waals surface area (Å²) < 4.78 is 4.68. The second kappa shape index (κ2) is 4.03. The van der Waals surface area contributed by atoms with E-state index in [1.54, 1.807) is 11.3 Å². The molecular weight excluding hydrogens is 302 g/mol. The lowest BCUT2D eigenvalue weighted by atomic mass is 9.99. The molecule has 0 aliphatic carbocycles. The Labute approximate surface area is 136 Å². The lowest BCUT2D eigenvalue weighted by Crippen LogP contribution is -2.45. The largest absolute Gasteiger partial charge is 0.345 e. The summed E-state index contributed by atoms with van der Waals surface area (Å²) in [6.45, 7) is 0.897. The van der Waals surface area contributed by atoms with Gasteiger partial charge in [-0.05, 0) is 29.1 Å². The number of hydrogen-bond acceptors (Lipinski definition) is 2. The molecule has 0 amide bonds. The quantitative estimate of drug-likeness (QED) is 0.335. The van der Waals surface area contributed by atoms with Gasteiger partial charge in [0, 0.05) is 23.4 Å². The number of hydrogen-bond donors (Lipinski definition) is 0. The van der Waals surface area contributed by atoms with Crippen molar-refractivity contribution in [3.63, 3.8) is 0 Å². The average molecular weight is 315 g/mol. The number of fused-ring (bicyclic) bond motifs is 3. The van der Waals surface area contributed by atoms with Crippen LogP contribution in [0.2, 0.25) is 0 Å². The Morgan fingerprint density at radius 1 is 0.913 bits per heavy atom. The van der Waals surface area contributed by atoms with E-state index in [9.17, 15) is 0 Å². The van der Waals surface area contributed by atoms with Crippen molar-refractivity contribution in [3.05, 3.63) is 64.6 Å². The zero-order chi connectivity index (χ0) is 15.0. The van der Waals surface area contributed by atoms with Crippen molar-refractivity contribution in [2.75, 3.05) is 0 Å². The van der Waals surface area contributed by atoms with Gasteiger partial charge in [-0.1, -0.05) is 6.07 Å². The molecule has 0 saturated heterocycles. The molecule has 0 bridgehead atoms. The van der Waals surface area contributed by atoms with Crippen LogP contribution in [-0.4, -0.2) is 5.71 Å². The first-order chi connectivity index (χ1) is 11.4. The van der Waals surface area contributed by atoms with Crippen LogP contribution in [0.5, 0.6) is 0 Å². The topological polar surface area (TPSA) is 20.1 Å². The number of benzene rings is 1. The molecule has 4 aromatic rings. The summed E-state index contributed by atoms with van der Waals surface area (Å²) in [5, 5.41) is 4.75. The van der Waals surface area contributed by atoms with Gasteiger partial charge in [0.1, 0.15) is 0 Å². The Kier molecular flexibility index (Phi) is 2.09. The Morgan fingerprint density at radius 3 is 2.48 bits per heavy atom. The summed E-state index contributed by atoms with van der Waals surface area (Å²) in [5.41, 5.74) is 6.42. The number of aromatic nitrogens is 2. The molecule has 2 aliphatic heterocycles. The lowest BCUT2D eigenvalue weighted by molar-refractivity contribution is -0.872. The lowest BCUT2D eigenvalue weighted by Gasteiger charge is -2.01. The van der Waals surface area contributed by atoms with E-state index in [0.29, 0.717) is 0 Å². The van der Waals surface area contributed by atoms with Crippen molar-refractivity contribution in [2.45, 2.75) is 13.1 Å². The first-order valence-corrected chi connectivity index (χ1v) is 8.69. The Bertz CT molecular complexity index is 1160. The number of nitrogens with zero attached hydrogens (tertiary/aromatic N) is 3. The summed E-state index contributed by atoms with van der Waals surface area (Å²) in [7, 11) is 0. The molecule has 0 unspecified atom stereocenters. The van der Waals surface area contributed by atoms with E-state index < -0.39 is 0 Å². The van der Waals surface area contributed by atoms with Gasteiger partial charge in [0.05, 0.1) is 22.2 Å². The molecule has 3 aromatic heterocycles. The molecule has 23 heavy (non-hydrogen) atoms. The highest BCUT2D eigenvalue weighted by molar-refractivity contribution is 7.12. The molecule has 0 spiro atoms. The highest BCUT2D eigenvalue weighted by atomic mass is 32.1. The van der Waals surface area contributed by atoms with E-state index in [4.69, 9.17) is 4.99 Å². The molecule has 108 valence electrons. The van der Waals surface area contributed by atoms with E-state index in [2.05, 4.69) is 63.3 Å². The zero-order valence-electron chi connectivity index (χ0n) is 12.4. The van der Waals surface area contributed by atoms with Gasteiger partial charge in [-0.25, -0.2) is 0 Å². The molecule has 3 nitrogen and oxygen atoms in total. The van der Waals surface area contributed by atoms with E-state index in [1.807, 2.05) is 0 Å². The highest BCUT2D eigenvalue weighted by Crippen LogP contribution is 2.41. The molecule has 0 fully saturated rings. The maximum Gasteiger partial charge on any atom is 0.345 e. The van der Waals surface area contributed by atoms with Gasteiger partial charge >= 0.3 is 6.67 Å². The Morgan fingerprint density at radius 2 is 1.70 bits per heavy atom. The monoisotopic (exact) mass is 315 g/mol. The molecule has 0 atom stereocenters. The maximum absolute atomic E-state index is 5.04. The molecule has 5 heterocycles. The molecule has 0 radical (unpaired) electrons. The summed E-state index contributed by atoms with van der Waals surface area (Å²) >= 11 is 1.77. The van der Waals surface area contributed by atoms with E-state index in [0.717, 1.165) is 13.1 Å². The van der Waals surface area contributed by atoms with Crippen LogP contribution in [0.1, 0.15) is 10.4 Å². The highest BCUT2D eigenvalue weighted by Gasteiger charge is 2.36. The standard InChI is InChI=1S/C19H13N3S/c1-4-12-14-10-15(16-6-3-9-23-16)20-17(14)13-5-2-8-22-11-21(7-1)18(12)19(13)22/h1-9H,10-11H2/q+2. The van der Waals surface area contributed by atoms with Crippen LogP contribution in [0.15, 0.2) is 59.2 Å². The van der Waals surface area contributed by atoms with Crippen molar-refractivity contribution in [1.29, 1.82) is 0 Å². The van der Waals surface area contributed by atoms with Crippen molar-refractivity contribution in [2.24, 2.45) is 4.99 Å². The zero-order valence-corrected chi connectivity index (χ0v) is 13.2. The predicted molar refractivity (Wildman–Crippen MR) is 91.5 cm³/mol. The van der Waals surface area contributed by atoms with Gasteiger partial charge in [-0.3, -0.25) is 4.99 Å². The molecule has 0 saturated carbocycles. The molecule has 1 aromatic carbocycles. The van der Waals surface area contributed by atoms with Crippen molar-refractivity contribution in [3.8, 4) is 0 Å². The summed E-state index contributed by atoms with van der Waals surface area (Å²) in [4.78, 5) is 6.33. The fourth-order valence-electron chi connectivity index (χ4n) is 3.99. The Balaban J connectivity index is 1.78. The van der Waals surface area contributed by atoms with Crippen LogP contribution < -0.4 is 9.13 Å². The molecule has 0 N–H and O–H groups in total. The minimum atomic E-state index is 0.897. The van der Waals surface area contributed by atoms with E-state index in [-0.39, 0.29) is 0 Å². The minimum Gasteiger partial charge on any atom is -0.250 e. The molecule has 4 heteroatoms. The van der Waals surface area contributed by atoms with Gasteiger partial charge in [-0.2, -0.15) is 0 Å². The summed E-state index contributed by atoms with van der Waals surface area (Å²) in [5.74, 6) is 0. The predicted octanol–water partition coefficient (Wildman–Crippen LogP) is 3.13. The molecule has 6 rings (SSSR count). The van der Waals surface area contributed by atoms with Crippen LogP contribution in [0.3, 0.4) is 0 Å². The number of aliphatic imine (C=N–C) groups is 1. The summed E-state index contributed by atoms with van der Waals surface area (Å²) in [6.07, 6.45) is 5.28. The third-order valence-electron chi connectivity index (χ3n) is 4.93. The van der Waals surface area contributed by atoms with Crippen LogP contribution >= 0.6 is 11.3 Å². The molecular formula is C19H13N3S+2. The van der Waals surface area contributed by atoms with Gasteiger partial charge in [-0.15, -0.1) is 20.5 Å². The second-order valence-electron chi connectivity index (χ2n) is 6.16. The van der Waals surface area contributed by atoms with Gasteiger partial charge in [0.15, 0.2) is 12.4 Å². The minimum absolute atomic E-state index is 0.897. The molecule has 2 aliphatic rings. The van der Waals surface area contributed by atoms with Crippen molar-refractivity contribution in [1.82, 2.24) is 0 Å². The fraction of sp³-hybridized carbons (Fsp3) is 0.105. The van der Waals surface area contributed by atoms with Crippen LogP contribution in [0, 0.1) is 0 Å². The van der Waals surface area contributed by atoms with Crippen LogP contribution in [0.4, 0.5) is 5.69 Å². The SMILES string of the molecule is c1csc(C2=Nc3c(c4ccc[n+]5c4c4c3ccc[n+]4C5)C2)c1. The second-order valence-corrected chi connectivity index (χ2v) is 7.11. The normalized spacial score (nSPS) is 14.9. The number of pyridine rings is 2. The third-order valence-corrected chi connectivity index (χ3v) is 5.85. The number of rotatable bonds is 1. The third kappa shape index (κ3) is 1.42. The van der Waals surface area contributed by atoms with Gasteiger partial charge in [0.25, 0.3) is 11.0 Å². The van der Waals surface area contributed by atoms with Gasteiger partial charge < -0.3 is 0 Å². The Hall–Kier alpha value is -2.59. The van der Waals surface area contributed by atoms with E-state index >= 15 is 0 Å². The summed E-state index contributed by atoms with van der Waals surface area (Å²) in [6, 6.07) is 13.0. The van der Waals surface area contributed by atoms with Crippen LogP contribution in [-0.2, 0) is 13.1 Å².